The molecular formula is C17H19ClN2O4. The summed E-state index contributed by atoms with van der Waals surface area (Å²) in [6.45, 7) is 0. The summed E-state index contributed by atoms with van der Waals surface area (Å²) in [5.41, 5.74) is 1.70. The average Bonchev–Trinajstić information content (AvgIpc) is 2.84. The van der Waals surface area contributed by atoms with Crippen molar-refractivity contribution in [2.24, 2.45) is 0 Å². The Morgan fingerprint density at radius 2 is 1.92 bits per heavy atom. The summed E-state index contributed by atoms with van der Waals surface area (Å²) in [5, 5.41) is 7.14. The zero-order chi connectivity index (χ0) is 17.1. The molecule has 3 rings (SSSR count). The number of ether oxygens (including phenoxy) is 2. The van der Waals surface area contributed by atoms with E-state index in [1.165, 1.54) is 14.2 Å². The van der Waals surface area contributed by atoms with E-state index in [2.05, 4.69) is 10.5 Å². The van der Waals surface area contributed by atoms with Gasteiger partial charge in [0.25, 0.3) is 5.91 Å². The second-order valence-corrected chi connectivity index (χ2v) is 6.04. The predicted octanol–water partition coefficient (Wildman–Crippen LogP) is 3.87. The van der Waals surface area contributed by atoms with E-state index in [-0.39, 0.29) is 5.91 Å². The Morgan fingerprint density at radius 3 is 2.67 bits per heavy atom. The molecule has 0 fully saturated rings. The van der Waals surface area contributed by atoms with Gasteiger partial charge in [-0.1, -0.05) is 23.2 Å². The van der Waals surface area contributed by atoms with Crippen LogP contribution in [0.25, 0.3) is 0 Å². The molecule has 0 aliphatic heterocycles. The van der Waals surface area contributed by atoms with Crippen LogP contribution in [-0.4, -0.2) is 25.3 Å². The predicted molar refractivity (Wildman–Crippen MR) is 90.3 cm³/mol. The first-order chi connectivity index (χ1) is 11.6. The first-order valence-electron chi connectivity index (χ1n) is 7.84. The quantitative estimate of drug-likeness (QED) is 0.847. The van der Waals surface area contributed by atoms with E-state index in [1.54, 1.807) is 12.1 Å². The molecule has 2 aromatic rings. The number of methoxy groups -OCH3 is 2. The molecule has 1 aliphatic carbocycles. The maximum Gasteiger partial charge on any atom is 0.278 e. The highest BCUT2D eigenvalue weighted by atomic mass is 35.5. The number of hydrogen-bond donors (Lipinski definition) is 1. The van der Waals surface area contributed by atoms with E-state index in [4.69, 9.17) is 25.6 Å². The highest BCUT2D eigenvalue weighted by Crippen LogP contribution is 2.36. The largest absolute Gasteiger partial charge is 0.495 e. The van der Waals surface area contributed by atoms with Crippen molar-refractivity contribution in [2.45, 2.75) is 32.1 Å². The van der Waals surface area contributed by atoms with Crippen LogP contribution in [-0.2, 0) is 12.8 Å². The van der Waals surface area contributed by atoms with E-state index >= 15 is 0 Å². The summed E-state index contributed by atoms with van der Waals surface area (Å²) in [6.07, 6.45) is 4.86. The van der Waals surface area contributed by atoms with Crippen molar-refractivity contribution in [1.29, 1.82) is 0 Å². The van der Waals surface area contributed by atoms with Crippen LogP contribution in [0, 0.1) is 0 Å². The van der Waals surface area contributed by atoms with Crippen LogP contribution in [0.5, 0.6) is 11.5 Å². The Bertz CT molecular complexity index is 757. The number of halogens is 1. The van der Waals surface area contributed by atoms with Gasteiger partial charge in [0, 0.05) is 18.1 Å². The minimum absolute atomic E-state index is 0.332. The van der Waals surface area contributed by atoms with Crippen molar-refractivity contribution in [3.63, 3.8) is 0 Å². The van der Waals surface area contributed by atoms with Crippen molar-refractivity contribution >= 4 is 23.2 Å². The van der Waals surface area contributed by atoms with Crippen molar-refractivity contribution in [2.75, 3.05) is 19.5 Å². The molecule has 24 heavy (non-hydrogen) atoms. The van der Waals surface area contributed by atoms with Crippen molar-refractivity contribution in [1.82, 2.24) is 5.16 Å². The molecule has 1 amide bonds. The van der Waals surface area contributed by atoms with Crippen LogP contribution in [0.15, 0.2) is 16.7 Å². The summed E-state index contributed by atoms with van der Waals surface area (Å²) in [6, 6.07) is 3.22. The van der Waals surface area contributed by atoms with Gasteiger partial charge in [0.2, 0.25) is 0 Å². The number of rotatable bonds is 4. The number of benzene rings is 1. The standard InChI is InChI=1S/C17H19ClN2O4/c1-22-14-9-15(23-2)12(8-11(14)18)19-17(21)16-10-6-4-3-5-7-13(10)24-20-16/h8-9H,3-7H2,1-2H3,(H,19,21). The smallest absolute Gasteiger partial charge is 0.278 e. The lowest BCUT2D eigenvalue weighted by molar-refractivity contribution is 0.101. The number of amides is 1. The molecule has 0 saturated carbocycles. The Balaban J connectivity index is 1.88. The van der Waals surface area contributed by atoms with Crippen LogP contribution in [0.4, 0.5) is 5.69 Å². The van der Waals surface area contributed by atoms with E-state index < -0.39 is 0 Å². The summed E-state index contributed by atoms with van der Waals surface area (Å²) >= 11 is 6.14. The molecular weight excluding hydrogens is 332 g/mol. The first kappa shape index (κ1) is 16.6. The minimum Gasteiger partial charge on any atom is -0.495 e. The van der Waals surface area contributed by atoms with Gasteiger partial charge in [0.1, 0.15) is 17.3 Å². The molecule has 0 unspecified atom stereocenters. The van der Waals surface area contributed by atoms with E-state index in [9.17, 15) is 4.79 Å². The molecule has 1 aliphatic rings. The first-order valence-corrected chi connectivity index (χ1v) is 8.22. The Labute approximate surface area is 145 Å². The fourth-order valence-electron chi connectivity index (χ4n) is 2.88. The molecule has 0 radical (unpaired) electrons. The lowest BCUT2D eigenvalue weighted by atomic mass is 10.1. The van der Waals surface area contributed by atoms with Gasteiger partial charge < -0.3 is 19.3 Å². The fourth-order valence-corrected chi connectivity index (χ4v) is 3.12. The van der Waals surface area contributed by atoms with E-state index in [1.807, 2.05) is 0 Å². The number of fused-ring (bicyclic) bond motifs is 1. The lowest BCUT2D eigenvalue weighted by Gasteiger charge is -2.12. The summed E-state index contributed by atoms with van der Waals surface area (Å²) < 4.78 is 15.8. The highest BCUT2D eigenvalue weighted by molar-refractivity contribution is 6.32. The van der Waals surface area contributed by atoms with Gasteiger partial charge in [-0.2, -0.15) is 0 Å². The Kier molecular flexibility index (Phi) is 4.94. The van der Waals surface area contributed by atoms with E-state index in [0.717, 1.165) is 43.4 Å². The van der Waals surface area contributed by atoms with Crippen LogP contribution in [0.3, 0.4) is 0 Å². The number of aromatic nitrogens is 1. The lowest BCUT2D eigenvalue weighted by Crippen LogP contribution is -2.15. The number of anilines is 1. The third-order valence-electron chi connectivity index (χ3n) is 4.14. The van der Waals surface area contributed by atoms with Crippen molar-refractivity contribution in [3.8, 4) is 11.5 Å². The Hall–Kier alpha value is -2.21. The summed E-state index contributed by atoms with van der Waals surface area (Å²) in [7, 11) is 3.03. The third-order valence-corrected chi connectivity index (χ3v) is 4.43. The third kappa shape index (κ3) is 3.19. The zero-order valence-electron chi connectivity index (χ0n) is 13.6. The van der Waals surface area contributed by atoms with Gasteiger partial charge in [0.15, 0.2) is 5.69 Å². The minimum atomic E-state index is -0.332. The second kappa shape index (κ2) is 7.13. The second-order valence-electron chi connectivity index (χ2n) is 5.63. The molecule has 7 heteroatoms. The zero-order valence-corrected chi connectivity index (χ0v) is 14.4. The summed E-state index contributed by atoms with van der Waals surface area (Å²) in [4.78, 5) is 12.6. The Morgan fingerprint density at radius 1 is 1.17 bits per heavy atom. The van der Waals surface area contributed by atoms with E-state index in [0.29, 0.717) is 27.9 Å². The molecule has 6 nitrogen and oxygen atoms in total. The number of nitrogens with zero attached hydrogens (tertiary/aromatic N) is 1. The van der Waals surface area contributed by atoms with Gasteiger partial charge in [0.05, 0.1) is 24.9 Å². The topological polar surface area (TPSA) is 73.6 Å². The maximum atomic E-state index is 12.6. The molecule has 1 N–H and O–H groups in total. The number of nitrogens with one attached hydrogen (secondary N) is 1. The van der Waals surface area contributed by atoms with Crippen molar-refractivity contribution < 1.29 is 18.8 Å². The van der Waals surface area contributed by atoms with Crippen molar-refractivity contribution in [3.05, 3.63) is 34.2 Å². The monoisotopic (exact) mass is 350 g/mol. The van der Waals surface area contributed by atoms with Gasteiger partial charge in [-0.15, -0.1) is 0 Å². The molecule has 1 aromatic heterocycles. The van der Waals surface area contributed by atoms with Crippen LogP contribution < -0.4 is 14.8 Å². The number of aryl methyl sites for hydroxylation is 1. The molecule has 0 saturated heterocycles. The van der Waals surface area contributed by atoms with Gasteiger partial charge in [-0.05, 0) is 25.3 Å². The van der Waals surface area contributed by atoms with Crippen LogP contribution >= 0.6 is 11.6 Å². The number of carbonyl (C=O) groups is 1. The SMILES string of the molecule is COc1cc(OC)c(NC(=O)c2noc3c2CCCCC3)cc1Cl. The molecule has 0 atom stereocenters. The average molecular weight is 351 g/mol. The molecule has 128 valence electrons. The van der Waals surface area contributed by atoms with Crippen LogP contribution in [0.1, 0.15) is 41.1 Å². The summed E-state index contributed by atoms with van der Waals surface area (Å²) in [5.74, 6) is 1.42. The van der Waals surface area contributed by atoms with Crippen LogP contribution in [0.2, 0.25) is 5.02 Å². The molecule has 1 aromatic carbocycles. The number of carbonyl (C=O) groups excluding carboxylic acids is 1. The number of hydrogen-bond acceptors (Lipinski definition) is 5. The maximum absolute atomic E-state index is 12.6. The normalized spacial score (nSPS) is 13.8. The molecule has 0 bridgehead atoms. The molecule has 1 heterocycles. The highest BCUT2D eigenvalue weighted by Gasteiger charge is 2.24. The fraction of sp³-hybridized carbons (Fsp3) is 0.412. The van der Waals surface area contributed by atoms with Gasteiger partial charge in [-0.25, -0.2) is 0 Å². The van der Waals surface area contributed by atoms with Gasteiger partial charge >= 0.3 is 0 Å². The van der Waals surface area contributed by atoms with Gasteiger partial charge in [-0.3, -0.25) is 4.79 Å². The molecule has 0 spiro atoms.